The van der Waals surface area contributed by atoms with Gasteiger partial charge < -0.3 is 14.8 Å². The van der Waals surface area contributed by atoms with Crippen LogP contribution in [-0.4, -0.2) is 23.0 Å². The third kappa shape index (κ3) is 5.18. The molecular formula is C24H18ClN3O3. The zero-order valence-corrected chi connectivity index (χ0v) is 17.3. The number of carbonyl (C=O) groups is 1. The van der Waals surface area contributed by atoms with Gasteiger partial charge in [0.2, 0.25) is 5.88 Å². The second-order valence-electron chi connectivity index (χ2n) is 6.54. The first-order valence-corrected chi connectivity index (χ1v) is 9.81. The van der Waals surface area contributed by atoms with Crippen LogP contribution in [0.1, 0.15) is 10.4 Å². The van der Waals surface area contributed by atoms with Crippen LogP contribution >= 0.6 is 11.6 Å². The van der Waals surface area contributed by atoms with Gasteiger partial charge in [-0.15, -0.1) is 0 Å². The summed E-state index contributed by atoms with van der Waals surface area (Å²) in [5.41, 5.74) is 1.79. The molecule has 31 heavy (non-hydrogen) atoms. The lowest BCUT2D eigenvalue weighted by Gasteiger charge is -2.09. The Kier molecular flexibility index (Phi) is 6.10. The van der Waals surface area contributed by atoms with Gasteiger partial charge in [0.15, 0.2) is 5.82 Å². The lowest BCUT2D eigenvalue weighted by Crippen LogP contribution is -2.11. The number of ether oxygens (including phenoxy) is 2. The standard InChI is InChI=1S/C24H18ClN3O3/c1-30-20-8-10-21(11-9-20)31-22-12-13-26-23(28-22)16-4-2-5-17(14-16)24(29)27-19-7-3-6-18(25)15-19/h2-15H,1H3,(H,27,29). The van der Waals surface area contributed by atoms with E-state index in [1.165, 1.54) is 0 Å². The van der Waals surface area contributed by atoms with Gasteiger partial charge in [-0.3, -0.25) is 4.79 Å². The fourth-order valence-corrected chi connectivity index (χ4v) is 3.06. The molecule has 154 valence electrons. The second kappa shape index (κ2) is 9.28. The number of anilines is 1. The van der Waals surface area contributed by atoms with E-state index in [-0.39, 0.29) is 5.91 Å². The second-order valence-corrected chi connectivity index (χ2v) is 6.98. The van der Waals surface area contributed by atoms with E-state index in [0.29, 0.717) is 39.3 Å². The molecule has 7 heteroatoms. The quantitative estimate of drug-likeness (QED) is 0.414. The third-order valence-corrected chi connectivity index (χ3v) is 4.61. The van der Waals surface area contributed by atoms with Gasteiger partial charge in [-0.25, -0.2) is 4.98 Å². The third-order valence-electron chi connectivity index (χ3n) is 4.38. The van der Waals surface area contributed by atoms with Crippen molar-refractivity contribution < 1.29 is 14.3 Å². The fraction of sp³-hybridized carbons (Fsp3) is 0.0417. The molecule has 0 aliphatic carbocycles. The Morgan fingerprint density at radius 2 is 1.71 bits per heavy atom. The van der Waals surface area contributed by atoms with Crippen molar-refractivity contribution in [1.29, 1.82) is 0 Å². The number of halogens is 1. The highest BCUT2D eigenvalue weighted by atomic mass is 35.5. The minimum absolute atomic E-state index is 0.255. The molecule has 1 N–H and O–H groups in total. The zero-order chi connectivity index (χ0) is 21.6. The Morgan fingerprint density at radius 1 is 0.935 bits per heavy atom. The van der Waals surface area contributed by atoms with Crippen molar-refractivity contribution >= 4 is 23.2 Å². The van der Waals surface area contributed by atoms with Crippen molar-refractivity contribution in [2.45, 2.75) is 0 Å². The van der Waals surface area contributed by atoms with Gasteiger partial charge in [-0.05, 0) is 54.6 Å². The molecule has 4 aromatic rings. The van der Waals surface area contributed by atoms with Crippen LogP contribution in [0, 0.1) is 0 Å². The van der Waals surface area contributed by atoms with E-state index < -0.39 is 0 Å². The Morgan fingerprint density at radius 3 is 2.48 bits per heavy atom. The minimum atomic E-state index is -0.255. The molecule has 0 saturated heterocycles. The number of hydrogen-bond donors (Lipinski definition) is 1. The molecule has 1 aromatic heterocycles. The summed E-state index contributed by atoms with van der Waals surface area (Å²) < 4.78 is 11.0. The number of hydrogen-bond acceptors (Lipinski definition) is 5. The summed E-state index contributed by atoms with van der Waals surface area (Å²) in [5, 5.41) is 3.38. The van der Waals surface area contributed by atoms with Gasteiger partial charge in [-0.1, -0.05) is 29.8 Å². The van der Waals surface area contributed by atoms with Gasteiger partial charge in [0, 0.05) is 34.1 Å². The molecule has 0 aliphatic heterocycles. The maximum absolute atomic E-state index is 12.6. The summed E-state index contributed by atoms with van der Waals surface area (Å²) in [6, 6.07) is 22.9. The molecule has 1 heterocycles. The average Bonchev–Trinajstić information content (AvgIpc) is 2.80. The predicted molar refractivity (Wildman–Crippen MR) is 120 cm³/mol. The number of aromatic nitrogens is 2. The first-order valence-electron chi connectivity index (χ1n) is 9.43. The van der Waals surface area contributed by atoms with Crippen LogP contribution in [0.15, 0.2) is 85.1 Å². The zero-order valence-electron chi connectivity index (χ0n) is 16.6. The Balaban J connectivity index is 1.53. The highest BCUT2D eigenvalue weighted by Crippen LogP contribution is 2.25. The van der Waals surface area contributed by atoms with Crippen LogP contribution in [0.25, 0.3) is 11.4 Å². The first kappa shape index (κ1) is 20.4. The SMILES string of the molecule is COc1ccc(Oc2ccnc(-c3cccc(C(=O)Nc4cccc(Cl)c4)c3)n2)cc1. The molecule has 0 unspecified atom stereocenters. The van der Waals surface area contributed by atoms with E-state index in [2.05, 4.69) is 15.3 Å². The molecular weight excluding hydrogens is 414 g/mol. The maximum atomic E-state index is 12.6. The molecule has 0 spiro atoms. The smallest absolute Gasteiger partial charge is 0.255 e. The molecule has 4 rings (SSSR count). The van der Waals surface area contributed by atoms with E-state index in [0.717, 1.165) is 5.75 Å². The summed E-state index contributed by atoms with van der Waals surface area (Å²) >= 11 is 5.98. The molecule has 0 aliphatic rings. The number of carbonyl (C=O) groups excluding carboxylic acids is 1. The molecule has 1 amide bonds. The monoisotopic (exact) mass is 431 g/mol. The van der Waals surface area contributed by atoms with Gasteiger partial charge in [0.1, 0.15) is 11.5 Å². The summed E-state index contributed by atoms with van der Waals surface area (Å²) in [7, 11) is 1.61. The molecule has 0 fully saturated rings. The number of nitrogens with zero attached hydrogens (tertiary/aromatic N) is 2. The highest BCUT2D eigenvalue weighted by Gasteiger charge is 2.10. The summed E-state index contributed by atoms with van der Waals surface area (Å²) in [5.74, 6) is 1.95. The van der Waals surface area contributed by atoms with Crippen molar-refractivity contribution in [1.82, 2.24) is 9.97 Å². The summed E-state index contributed by atoms with van der Waals surface area (Å²) in [4.78, 5) is 21.4. The minimum Gasteiger partial charge on any atom is -0.497 e. The largest absolute Gasteiger partial charge is 0.497 e. The molecule has 3 aromatic carbocycles. The van der Waals surface area contributed by atoms with Gasteiger partial charge in [0.05, 0.1) is 7.11 Å². The molecule has 0 bridgehead atoms. The number of amides is 1. The Bertz CT molecular complexity index is 1210. The number of benzene rings is 3. The topological polar surface area (TPSA) is 73.3 Å². The van der Waals surface area contributed by atoms with Crippen LogP contribution in [0.3, 0.4) is 0 Å². The van der Waals surface area contributed by atoms with E-state index >= 15 is 0 Å². The number of nitrogens with one attached hydrogen (secondary N) is 1. The molecule has 0 saturated carbocycles. The van der Waals surface area contributed by atoms with Crippen LogP contribution < -0.4 is 14.8 Å². The van der Waals surface area contributed by atoms with E-state index in [4.69, 9.17) is 21.1 Å². The average molecular weight is 432 g/mol. The van der Waals surface area contributed by atoms with Crippen LogP contribution in [0.2, 0.25) is 5.02 Å². The van der Waals surface area contributed by atoms with E-state index in [1.54, 1.807) is 86.1 Å². The molecule has 0 radical (unpaired) electrons. The van der Waals surface area contributed by atoms with Crippen molar-refractivity contribution in [2.24, 2.45) is 0 Å². The molecule has 0 atom stereocenters. The first-order chi connectivity index (χ1) is 15.1. The van der Waals surface area contributed by atoms with Gasteiger partial charge >= 0.3 is 0 Å². The lowest BCUT2D eigenvalue weighted by atomic mass is 10.1. The Labute approximate surface area is 184 Å². The maximum Gasteiger partial charge on any atom is 0.255 e. The van der Waals surface area contributed by atoms with E-state index in [1.807, 2.05) is 6.07 Å². The van der Waals surface area contributed by atoms with Crippen molar-refractivity contribution in [3.8, 4) is 28.8 Å². The number of methoxy groups -OCH3 is 1. The Hall–Kier alpha value is -3.90. The van der Waals surface area contributed by atoms with Crippen molar-refractivity contribution in [3.63, 3.8) is 0 Å². The van der Waals surface area contributed by atoms with Crippen molar-refractivity contribution in [3.05, 3.63) is 95.6 Å². The highest BCUT2D eigenvalue weighted by molar-refractivity contribution is 6.31. The van der Waals surface area contributed by atoms with Crippen molar-refractivity contribution in [2.75, 3.05) is 12.4 Å². The summed E-state index contributed by atoms with van der Waals surface area (Å²) in [6.07, 6.45) is 1.61. The van der Waals surface area contributed by atoms with E-state index in [9.17, 15) is 4.79 Å². The fourth-order valence-electron chi connectivity index (χ4n) is 2.87. The number of rotatable bonds is 6. The van der Waals surface area contributed by atoms with Gasteiger partial charge in [0.25, 0.3) is 5.91 Å². The summed E-state index contributed by atoms with van der Waals surface area (Å²) in [6.45, 7) is 0. The molecule has 6 nitrogen and oxygen atoms in total. The lowest BCUT2D eigenvalue weighted by molar-refractivity contribution is 0.102. The van der Waals surface area contributed by atoms with Crippen LogP contribution in [0.4, 0.5) is 5.69 Å². The van der Waals surface area contributed by atoms with Crippen LogP contribution in [-0.2, 0) is 0 Å². The predicted octanol–water partition coefficient (Wildman–Crippen LogP) is 5.85. The normalized spacial score (nSPS) is 10.4. The van der Waals surface area contributed by atoms with Crippen LogP contribution in [0.5, 0.6) is 17.4 Å². The van der Waals surface area contributed by atoms with Gasteiger partial charge in [-0.2, -0.15) is 4.98 Å².